The Hall–Kier alpha value is -1.59. The van der Waals surface area contributed by atoms with Gasteiger partial charge in [0, 0.05) is 19.3 Å². The van der Waals surface area contributed by atoms with Crippen LogP contribution in [0.4, 0.5) is 0 Å². The molecule has 1 aliphatic rings. The highest BCUT2D eigenvalue weighted by molar-refractivity contribution is 5.75. The molecule has 0 aliphatic carbocycles. The van der Waals surface area contributed by atoms with Gasteiger partial charge in [0.05, 0.1) is 11.0 Å². The Morgan fingerprint density at radius 1 is 1.30 bits per heavy atom. The quantitative estimate of drug-likeness (QED) is 0.798. The summed E-state index contributed by atoms with van der Waals surface area (Å²) in [5.41, 5.74) is 2.77. The Balaban J connectivity index is 1.65. The maximum absolute atomic E-state index is 11.3. The predicted molar refractivity (Wildman–Crippen MR) is 78.9 cm³/mol. The van der Waals surface area contributed by atoms with Crippen molar-refractivity contribution in [1.29, 1.82) is 0 Å². The van der Waals surface area contributed by atoms with Gasteiger partial charge in [-0.1, -0.05) is 6.07 Å². The van der Waals surface area contributed by atoms with Crippen LogP contribution in [-0.2, 0) is 4.74 Å². The van der Waals surface area contributed by atoms with Crippen LogP contribution in [-0.4, -0.2) is 29.7 Å². The maximum atomic E-state index is 11.3. The van der Waals surface area contributed by atoms with Gasteiger partial charge in [-0.15, -0.1) is 0 Å². The Labute approximate surface area is 117 Å². The van der Waals surface area contributed by atoms with Gasteiger partial charge in [-0.2, -0.15) is 0 Å². The van der Waals surface area contributed by atoms with E-state index in [9.17, 15) is 4.79 Å². The van der Waals surface area contributed by atoms with Crippen molar-refractivity contribution in [3.05, 3.63) is 34.2 Å². The second-order valence-electron chi connectivity index (χ2n) is 5.57. The third-order valence-electron chi connectivity index (χ3n) is 4.09. The number of aromatic nitrogens is 2. The molecule has 3 rings (SSSR count). The van der Waals surface area contributed by atoms with Gasteiger partial charge in [-0.05, 0) is 49.9 Å². The minimum Gasteiger partial charge on any atom is -0.381 e. The summed E-state index contributed by atoms with van der Waals surface area (Å²) in [6, 6.07) is 6.33. The van der Waals surface area contributed by atoms with Crippen LogP contribution in [0, 0.1) is 5.92 Å². The number of rotatable bonds is 4. The van der Waals surface area contributed by atoms with E-state index in [0.29, 0.717) is 5.92 Å². The number of aromatic amines is 2. The number of hydrogen-bond donors (Lipinski definition) is 3. The van der Waals surface area contributed by atoms with Crippen molar-refractivity contribution in [2.24, 2.45) is 5.92 Å². The van der Waals surface area contributed by atoms with Crippen LogP contribution in [0.1, 0.15) is 31.4 Å². The van der Waals surface area contributed by atoms with Gasteiger partial charge in [0.25, 0.3) is 0 Å². The number of nitrogens with one attached hydrogen (secondary N) is 3. The Bertz CT molecular complexity index is 625. The van der Waals surface area contributed by atoms with Crippen molar-refractivity contribution >= 4 is 11.0 Å². The number of imidazole rings is 1. The molecule has 1 aliphatic heterocycles. The molecular weight excluding hydrogens is 254 g/mol. The van der Waals surface area contributed by atoms with E-state index in [-0.39, 0.29) is 11.7 Å². The third-order valence-corrected chi connectivity index (χ3v) is 4.09. The van der Waals surface area contributed by atoms with Gasteiger partial charge in [-0.25, -0.2) is 4.79 Å². The summed E-state index contributed by atoms with van der Waals surface area (Å²) in [6.07, 6.45) is 2.29. The number of ether oxygens (including phenoxy) is 1. The van der Waals surface area contributed by atoms with Crippen LogP contribution in [0.3, 0.4) is 0 Å². The average molecular weight is 275 g/mol. The standard InChI is InChI=1S/C15H21N3O2/c1-10(16-9-11-4-6-20-7-5-11)12-2-3-13-14(8-12)18-15(19)17-13/h2-3,8,10-11,16H,4-7,9H2,1H3,(H2,17,18,19). The van der Waals surface area contributed by atoms with Crippen molar-refractivity contribution in [2.45, 2.75) is 25.8 Å². The zero-order valence-electron chi connectivity index (χ0n) is 11.7. The SMILES string of the molecule is CC(NCC1CCOCC1)c1ccc2[nH]c(=O)[nH]c2c1. The summed E-state index contributed by atoms with van der Waals surface area (Å²) in [5.74, 6) is 0.710. The molecule has 1 saturated heterocycles. The molecular formula is C15H21N3O2. The lowest BCUT2D eigenvalue weighted by Gasteiger charge is -2.24. The lowest BCUT2D eigenvalue weighted by molar-refractivity contribution is 0.0656. The monoisotopic (exact) mass is 275 g/mol. The van der Waals surface area contributed by atoms with Crippen LogP contribution >= 0.6 is 0 Å². The molecule has 0 bridgehead atoms. The summed E-state index contributed by atoms with van der Waals surface area (Å²) < 4.78 is 5.38. The van der Waals surface area contributed by atoms with E-state index in [0.717, 1.165) is 43.6 Å². The summed E-state index contributed by atoms with van der Waals surface area (Å²) in [4.78, 5) is 16.8. The van der Waals surface area contributed by atoms with E-state index in [1.54, 1.807) is 0 Å². The number of benzene rings is 1. The average Bonchev–Trinajstić information content (AvgIpc) is 2.85. The number of hydrogen-bond acceptors (Lipinski definition) is 3. The predicted octanol–water partition coefficient (Wildman–Crippen LogP) is 1.93. The van der Waals surface area contributed by atoms with E-state index in [1.807, 2.05) is 12.1 Å². The lowest BCUT2D eigenvalue weighted by atomic mass is 9.99. The summed E-state index contributed by atoms with van der Waals surface area (Å²) >= 11 is 0. The fourth-order valence-corrected chi connectivity index (χ4v) is 2.73. The Morgan fingerprint density at radius 3 is 2.85 bits per heavy atom. The largest absolute Gasteiger partial charge is 0.381 e. The zero-order valence-corrected chi connectivity index (χ0v) is 11.7. The highest BCUT2D eigenvalue weighted by Gasteiger charge is 2.15. The fourth-order valence-electron chi connectivity index (χ4n) is 2.73. The normalized spacial score (nSPS) is 18.4. The van der Waals surface area contributed by atoms with Gasteiger partial charge < -0.3 is 20.0 Å². The molecule has 2 heterocycles. The number of fused-ring (bicyclic) bond motifs is 1. The van der Waals surface area contributed by atoms with E-state index in [4.69, 9.17) is 4.74 Å². The highest BCUT2D eigenvalue weighted by Crippen LogP contribution is 2.19. The molecule has 0 saturated carbocycles. The lowest BCUT2D eigenvalue weighted by Crippen LogP contribution is -2.29. The first-order valence-electron chi connectivity index (χ1n) is 7.25. The zero-order chi connectivity index (χ0) is 13.9. The first kappa shape index (κ1) is 13.4. The molecule has 0 radical (unpaired) electrons. The fraction of sp³-hybridized carbons (Fsp3) is 0.533. The van der Waals surface area contributed by atoms with Gasteiger partial charge >= 0.3 is 5.69 Å². The van der Waals surface area contributed by atoms with Crippen molar-refractivity contribution in [3.63, 3.8) is 0 Å². The van der Waals surface area contributed by atoms with Crippen LogP contribution in [0.25, 0.3) is 11.0 Å². The molecule has 20 heavy (non-hydrogen) atoms. The molecule has 1 aromatic carbocycles. The molecule has 1 unspecified atom stereocenters. The molecule has 5 heteroatoms. The van der Waals surface area contributed by atoms with E-state index in [2.05, 4.69) is 28.3 Å². The van der Waals surface area contributed by atoms with Crippen molar-refractivity contribution in [3.8, 4) is 0 Å². The summed E-state index contributed by atoms with van der Waals surface area (Å²) in [6.45, 7) is 4.95. The maximum Gasteiger partial charge on any atom is 0.323 e. The Morgan fingerprint density at radius 2 is 2.05 bits per heavy atom. The second-order valence-corrected chi connectivity index (χ2v) is 5.57. The smallest absolute Gasteiger partial charge is 0.323 e. The molecule has 0 amide bonds. The number of H-pyrrole nitrogens is 2. The van der Waals surface area contributed by atoms with Gasteiger partial charge in [-0.3, -0.25) is 0 Å². The van der Waals surface area contributed by atoms with Gasteiger partial charge in [0.15, 0.2) is 0 Å². The van der Waals surface area contributed by atoms with E-state index in [1.165, 1.54) is 5.56 Å². The van der Waals surface area contributed by atoms with E-state index >= 15 is 0 Å². The van der Waals surface area contributed by atoms with Gasteiger partial charge in [0.2, 0.25) is 0 Å². The van der Waals surface area contributed by atoms with Crippen molar-refractivity contribution in [2.75, 3.05) is 19.8 Å². The van der Waals surface area contributed by atoms with E-state index < -0.39 is 0 Å². The molecule has 1 fully saturated rings. The summed E-state index contributed by atoms with van der Waals surface area (Å²) in [5, 5.41) is 3.58. The molecule has 5 nitrogen and oxygen atoms in total. The molecule has 1 aromatic heterocycles. The topological polar surface area (TPSA) is 69.9 Å². The first-order chi connectivity index (χ1) is 9.72. The third kappa shape index (κ3) is 2.94. The molecule has 108 valence electrons. The molecule has 2 aromatic rings. The summed E-state index contributed by atoms with van der Waals surface area (Å²) in [7, 11) is 0. The minimum atomic E-state index is -0.153. The van der Waals surface area contributed by atoms with Crippen LogP contribution in [0.15, 0.2) is 23.0 Å². The van der Waals surface area contributed by atoms with Crippen LogP contribution in [0.2, 0.25) is 0 Å². The van der Waals surface area contributed by atoms with Crippen molar-refractivity contribution in [1.82, 2.24) is 15.3 Å². The van der Waals surface area contributed by atoms with Crippen molar-refractivity contribution < 1.29 is 4.74 Å². The minimum absolute atomic E-state index is 0.153. The molecule has 3 N–H and O–H groups in total. The molecule has 0 spiro atoms. The molecule has 1 atom stereocenters. The van der Waals surface area contributed by atoms with Crippen LogP contribution < -0.4 is 11.0 Å². The first-order valence-corrected chi connectivity index (χ1v) is 7.25. The van der Waals surface area contributed by atoms with Crippen LogP contribution in [0.5, 0.6) is 0 Å². The Kier molecular flexibility index (Phi) is 3.89. The second kappa shape index (κ2) is 5.81. The van der Waals surface area contributed by atoms with Gasteiger partial charge in [0.1, 0.15) is 0 Å². The highest BCUT2D eigenvalue weighted by atomic mass is 16.5.